The van der Waals surface area contributed by atoms with Crippen molar-refractivity contribution in [3.05, 3.63) is 60.8 Å². The fourth-order valence-electron chi connectivity index (χ4n) is 1.87. The molecule has 0 atom stereocenters. The molecule has 23 heavy (non-hydrogen) atoms. The van der Waals surface area contributed by atoms with Crippen LogP contribution in [0.3, 0.4) is 0 Å². The van der Waals surface area contributed by atoms with Gasteiger partial charge in [-0.2, -0.15) is 8.42 Å². The van der Waals surface area contributed by atoms with Gasteiger partial charge in [0.1, 0.15) is 18.0 Å². The Morgan fingerprint density at radius 1 is 1.04 bits per heavy atom. The third-order valence-corrected chi connectivity index (χ3v) is 4.12. The number of rotatable bonds is 4. The average Bonchev–Trinajstić information content (AvgIpc) is 2.97. The van der Waals surface area contributed by atoms with E-state index < -0.39 is 21.7 Å². The molecule has 0 spiro atoms. The molecule has 3 rings (SSSR count). The van der Waals surface area contributed by atoms with Crippen molar-refractivity contribution in [3.63, 3.8) is 0 Å². The molecule has 0 amide bonds. The molecular weight excluding hydrogens is 328 g/mol. The van der Waals surface area contributed by atoms with Gasteiger partial charge in [-0.25, -0.2) is 23.7 Å². The van der Waals surface area contributed by atoms with E-state index in [-0.39, 0.29) is 16.7 Å². The Bertz CT molecular complexity index is 924. The van der Waals surface area contributed by atoms with Crippen LogP contribution >= 0.6 is 0 Å². The summed E-state index contributed by atoms with van der Waals surface area (Å²) < 4.78 is 54.4. The molecule has 0 radical (unpaired) electrons. The number of benzene rings is 1. The maximum atomic E-state index is 13.2. The Morgan fingerprint density at radius 3 is 2.35 bits per heavy atom. The number of imidazole rings is 1. The summed E-state index contributed by atoms with van der Waals surface area (Å²) in [6, 6.07) is 3.93. The molecule has 0 bridgehead atoms. The lowest BCUT2D eigenvalue weighted by Crippen LogP contribution is -2.17. The molecule has 3 aromatic rings. The zero-order valence-electron chi connectivity index (χ0n) is 11.4. The highest BCUT2D eigenvalue weighted by molar-refractivity contribution is 7.92. The van der Waals surface area contributed by atoms with E-state index >= 15 is 0 Å². The summed E-state index contributed by atoms with van der Waals surface area (Å²) in [5.74, 6) is -1.71. The van der Waals surface area contributed by atoms with Gasteiger partial charge in [-0.3, -0.25) is 9.29 Å². The molecule has 0 unspecified atom stereocenters. The van der Waals surface area contributed by atoms with Crippen LogP contribution in [0.15, 0.2) is 54.2 Å². The van der Waals surface area contributed by atoms with Crippen molar-refractivity contribution in [2.24, 2.45) is 0 Å². The Hall–Kier alpha value is -2.88. The smallest absolute Gasteiger partial charge is 0.278 e. The van der Waals surface area contributed by atoms with Gasteiger partial charge in [0, 0.05) is 18.5 Å². The van der Waals surface area contributed by atoms with E-state index in [1.165, 1.54) is 18.7 Å². The Labute approximate surface area is 129 Å². The van der Waals surface area contributed by atoms with Gasteiger partial charge in [0.15, 0.2) is 5.03 Å². The molecule has 0 aliphatic rings. The minimum Gasteiger partial charge on any atom is -0.278 e. The highest BCUT2D eigenvalue weighted by Crippen LogP contribution is 2.19. The predicted molar refractivity (Wildman–Crippen MR) is 76.3 cm³/mol. The highest BCUT2D eigenvalue weighted by atomic mass is 32.2. The van der Waals surface area contributed by atoms with Gasteiger partial charge in [-0.15, -0.1) is 0 Å². The van der Waals surface area contributed by atoms with Gasteiger partial charge in [0.2, 0.25) is 5.95 Å². The molecule has 2 aromatic heterocycles. The molecule has 1 aromatic carbocycles. The number of nitrogens with zero attached hydrogens (tertiary/aromatic N) is 4. The van der Waals surface area contributed by atoms with Gasteiger partial charge < -0.3 is 0 Å². The molecule has 0 aliphatic carbocycles. The summed E-state index contributed by atoms with van der Waals surface area (Å²) in [6.07, 6.45) is 5.17. The van der Waals surface area contributed by atoms with E-state index in [1.807, 2.05) is 0 Å². The monoisotopic (exact) mass is 337 g/mol. The van der Waals surface area contributed by atoms with Gasteiger partial charge in [0.25, 0.3) is 10.0 Å². The molecule has 0 fully saturated rings. The molecule has 1 N–H and O–H groups in total. The minimum absolute atomic E-state index is 0.0933. The third-order valence-electron chi connectivity index (χ3n) is 2.76. The molecule has 0 saturated carbocycles. The molecule has 0 saturated heterocycles. The summed E-state index contributed by atoms with van der Waals surface area (Å²) in [4.78, 5) is 11.6. The number of anilines is 1. The molecule has 7 nitrogen and oxygen atoms in total. The van der Waals surface area contributed by atoms with E-state index in [2.05, 4.69) is 19.7 Å². The fraction of sp³-hybridized carbons (Fsp3) is 0. The average molecular weight is 337 g/mol. The van der Waals surface area contributed by atoms with Crippen molar-refractivity contribution < 1.29 is 17.2 Å². The zero-order valence-corrected chi connectivity index (χ0v) is 12.2. The SMILES string of the molecule is O=S(=O)(Nc1cc(F)cc(F)c1)c1cncn1-c1ncccn1. The van der Waals surface area contributed by atoms with Crippen LogP contribution in [0.5, 0.6) is 0 Å². The van der Waals surface area contributed by atoms with Crippen LogP contribution in [0.1, 0.15) is 0 Å². The fourth-order valence-corrected chi connectivity index (χ4v) is 2.99. The van der Waals surface area contributed by atoms with E-state index in [0.717, 1.165) is 22.9 Å². The van der Waals surface area contributed by atoms with E-state index in [0.29, 0.717) is 6.07 Å². The van der Waals surface area contributed by atoms with Crippen molar-refractivity contribution in [1.82, 2.24) is 19.5 Å². The maximum Gasteiger partial charge on any atom is 0.279 e. The maximum absolute atomic E-state index is 13.2. The normalized spacial score (nSPS) is 11.4. The van der Waals surface area contributed by atoms with Crippen molar-refractivity contribution in [2.75, 3.05) is 4.72 Å². The Morgan fingerprint density at radius 2 is 1.70 bits per heavy atom. The van der Waals surface area contributed by atoms with Crippen molar-refractivity contribution in [1.29, 1.82) is 0 Å². The lowest BCUT2D eigenvalue weighted by molar-refractivity contribution is 0.583. The predicted octanol–water partition coefficient (Wildman–Crippen LogP) is 1.74. The lowest BCUT2D eigenvalue weighted by Gasteiger charge is -2.10. The summed E-state index contributed by atoms with van der Waals surface area (Å²) in [5, 5.41) is -0.270. The van der Waals surface area contributed by atoms with Gasteiger partial charge in [0.05, 0.1) is 11.9 Å². The number of nitrogens with one attached hydrogen (secondary N) is 1. The number of hydrogen-bond donors (Lipinski definition) is 1. The van der Waals surface area contributed by atoms with Crippen molar-refractivity contribution in [3.8, 4) is 5.95 Å². The Kier molecular flexibility index (Phi) is 3.74. The van der Waals surface area contributed by atoms with Crippen LogP contribution in [0.4, 0.5) is 14.5 Å². The lowest BCUT2D eigenvalue weighted by atomic mass is 10.3. The van der Waals surface area contributed by atoms with E-state index in [4.69, 9.17) is 0 Å². The van der Waals surface area contributed by atoms with Crippen LogP contribution < -0.4 is 4.72 Å². The Balaban J connectivity index is 2.00. The van der Waals surface area contributed by atoms with Crippen LogP contribution in [-0.4, -0.2) is 27.9 Å². The quantitative estimate of drug-likeness (QED) is 0.783. The van der Waals surface area contributed by atoms with E-state index in [9.17, 15) is 17.2 Å². The second-order valence-corrected chi connectivity index (χ2v) is 6.04. The zero-order chi connectivity index (χ0) is 16.4. The molecule has 2 heterocycles. The number of halogens is 2. The first-order valence-corrected chi connectivity index (χ1v) is 7.73. The topological polar surface area (TPSA) is 89.8 Å². The van der Waals surface area contributed by atoms with Crippen LogP contribution in [0.2, 0.25) is 0 Å². The minimum atomic E-state index is -4.15. The van der Waals surface area contributed by atoms with Crippen molar-refractivity contribution >= 4 is 15.7 Å². The van der Waals surface area contributed by atoms with Crippen molar-refractivity contribution in [2.45, 2.75) is 5.03 Å². The van der Waals surface area contributed by atoms with Gasteiger partial charge >= 0.3 is 0 Å². The third kappa shape index (κ3) is 3.16. The summed E-state index contributed by atoms with van der Waals surface area (Å²) in [7, 11) is -4.15. The van der Waals surface area contributed by atoms with Crippen LogP contribution in [0.25, 0.3) is 5.95 Å². The van der Waals surface area contributed by atoms with Gasteiger partial charge in [-0.05, 0) is 18.2 Å². The second kappa shape index (κ2) is 5.72. The first-order chi connectivity index (χ1) is 11.0. The molecular formula is C13H9F2N5O2S. The largest absolute Gasteiger partial charge is 0.279 e. The first-order valence-electron chi connectivity index (χ1n) is 6.24. The molecule has 118 valence electrons. The number of sulfonamides is 1. The van der Waals surface area contributed by atoms with Crippen LogP contribution in [0, 0.1) is 11.6 Å². The summed E-state index contributed by atoms with van der Waals surface area (Å²) in [5.41, 5.74) is -0.246. The first kappa shape index (κ1) is 15.0. The summed E-state index contributed by atoms with van der Waals surface area (Å²) in [6.45, 7) is 0. The second-order valence-electron chi connectivity index (χ2n) is 4.41. The van der Waals surface area contributed by atoms with Crippen LogP contribution in [-0.2, 0) is 10.0 Å². The van der Waals surface area contributed by atoms with Gasteiger partial charge in [-0.1, -0.05) is 0 Å². The summed E-state index contributed by atoms with van der Waals surface area (Å²) >= 11 is 0. The number of hydrogen-bond acceptors (Lipinski definition) is 5. The standard InChI is InChI=1S/C13H9F2N5O2S/c14-9-4-10(15)6-11(5-9)19-23(21,22)12-7-16-8-20(12)13-17-2-1-3-18-13/h1-8,19H. The molecule has 10 heteroatoms. The number of aromatic nitrogens is 4. The van der Waals surface area contributed by atoms with E-state index in [1.54, 1.807) is 6.07 Å². The molecule has 0 aliphatic heterocycles. The highest BCUT2D eigenvalue weighted by Gasteiger charge is 2.22.